The third-order valence-electron chi connectivity index (χ3n) is 5.40. The monoisotopic (exact) mass is 495 g/mol. The highest BCUT2D eigenvalue weighted by molar-refractivity contribution is 7.89. The quantitative estimate of drug-likeness (QED) is 0.392. The van der Waals surface area contributed by atoms with Crippen LogP contribution in [0.25, 0.3) is 0 Å². The van der Waals surface area contributed by atoms with Crippen LogP contribution in [0.15, 0.2) is 59.6 Å². The molecule has 0 amide bonds. The normalized spacial score (nSPS) is 14.6. The lowest BCUT2D eigenvalue weighted by molar-refractivity contribution is 0.491. The summed E-state index contributed by atoms with van der Waals surface area (Å²) in [5, 5.41) is 9.90. The van der Waals surface area contributed by atoms with Crippen LogP contribution >= 0.6 is 0 Å². The maximum atomic E-state index is 12.7. The number of nitrogens with one attached hydrogen (secondary N) is 4. The van der Waals surface area contributed by atoms with Crippen LogP contribution in [0.1, 0.15) is 26.3 Å². The van der Waals surface area contributed by atoms with E-state index >= 15 is 0 Å². The van der Waals surface area contributed by atoms with Gasteiger partial charge < -0.3 is 20.9 Å². The third kappa shape index (κ3) is 6.68. The number of aryl methyl sites for hydroxylation is 1. The topological polar surface area (TPSA) is 111 Å². The molecule has 0 aliphatic carbocycles. The predicted octanol–water partition coefficient (Wildman–Crippen LogP) is 3.76. The molecule has 0 saturated carbocycles. The van der Waals surface area contributed by atoms with E-state index in [4.69, 9.17) is 0 Å². The third-order valence-corrected chi connectivity index (χ3v) is 7.16. The van der Waals surface area contributed by atoms with Crippen molar-refractivity contribution in [2.75, 3.05) is 41.7 Å². The zero-order valence-electron chi connectivity index (χ0n) is 20.6. The molecule has 9 nitrogen and oxygen atoms in total. The Labute approximate surface area is 207 Å². The number of aromatic nitrogens is 2. The van der Waals surface area contributed by atoms with Gasteiger partial charge in [-0.05, 0) is 64.1 Å². The Bertz CT molecular complexity index is 1280. The molecule has 2 aromatic carbocycles. The van der Waals surface area contributed by atoms with E-state index in [9.17, 15) is 8.42 Å². The van der Waals surface area contributed by atoms with Crippen molar-refractivity contribution in [3.05, 3.63) is 60.3 Å². The summed E-state index contributed by atoms with van der Waals surface area (Å²) in [7, 11) is -3.65. The first-order valence-corrected chi connectivity index (χ1v) is 13.1. The molecular weight excluding hydrogens is 462 g/mol. The van der Waals surface area contributed by atoms with Crippen molar-refractivity contribution in [2.24, 2.45) is 0 Å². The summed E-state index contributed by atoms with van der Waals surface area (Å²) >= 11 is 0. The Morgan fingerprint density at radius 2 is 1.66 bits per heavy atom. The van der Waals surface area contributed by atoms with Crippen molar-refractivity contribution in [2.45, 2.75) is 38.1 Å². The van der Waals surface area contributed by atoms with Gasteiger partial charge in [0.2, 0.25) is 16.0 Å². The van der Waals surface area contributed by atoms with Gasteiger partial charge in [0, 0.05) is 60.5 Å². The largest absolute Gasteiger partial charge is 0.369 e. The maximum absolute atomic E-state index is 12.7. The molecule has 0 spiro atoms. The van der Waals surface area contributed by atoms with Crippen LogP contribution in [0.3, 0.4) is 0 Å². The van der Waals surface area contributed by atoms with Crippen LogP contribution < -0.4 is 25.6 Å². The lowest BCUT2D eigenvalue weighted by Crippen LogP contribution is -2.43. The minimum absolute atomic E-state index is 0.187. The van der Waals surface area contributed by atoms with E-state index in [1.807, 2.05) is 45.9 Å². The number of piperazine rings is 1. The maximum Gasteiger partial charge on any atom is 0.241 e. The molecule has 3 aromatic rings. The number of hydrogen-bond acceptors (Lipinski definition) is 8. The molecule has 1 aliphatic rings. The molecular formula is C25H33N7O2S. The second-order valence-corrected chi connectivity index (χ2v) is 11.3. The van der Waals surface area contributed by atoms with Crippen molar-refractivity contribution in [1.82, 2.24) is 20.0 Å². The molecule has 2 heterocycles. The van der Waals surface area contributed by atoms with Gasteiger partial charge in [-0.3, -0.25) is 0 Å². The molecule has 4 N–H and O–H groups in total. The molecule has 1 fully saturated rings. The van der Waals surface area contributed by atoms with Gasteiger partial charge in [0.1, 0.15) is 5.82 Å². The van der Waals surface area contributed by atoms with Gasteiger partial charge >= 0.3 is 0 Å². The van der Waals surface area contributed by atoms with E-state index in [-0.39, 0.29) is 4.90 Å². The fourth-order valence-electron chi connectivity index (χ4n) is 3.80. The number of hydrogen-bond donors (Lipinski definition) is 4. The Morgan fingerprint density at radius 3 is 2.37 bits per heavy atom. The van der Waals surface area contributed by atoms with Crippen molar-refractivity contribution in [3.8, 4) is 0 Å². The number of nitrogens with zero attached hydrogens (tertiary/aromatic N) is 3. The lowest BCUT2D eigenvalue weighted by atomic mass is 10.1. The Morgan fingerprint density at radius 1 is 0.971 bits per heavy atom. The molecule has 1 saturated heterocycles. The van der Waals surface area contributed by atoms with Crippen molar-refractivity contribution in [1.29, 1.82) is 0 Å². The fourth-order valence-corrected chi connectivity index (χ4v) is 5.26. The molecule has 0 bridgehead atoms. The first kappa shape index (κ1) is 24.9. The van der Waals surface area contributed by atoms with E-state index in [0.717, 1.165) is 43.1 Å². The first-order valence-electron chi connectivity index (χ1n) is 11.7. The van der Waals surface area contributed by atoms with E-state index in [1.165, 1.54) is 0 Å². The molecule has 35 heavy (non-hydrogen) atoms. The second-order valence-electron chi connectivity index (χ2n) is 9.65. The average molecular weight is 496 g/mol. The van der Waals surface area contributed by atoms with Crippen molar-refractivity contribution >= 4 is 38.9 Å². The molecule has 0 radical (unpaired) electrons. The van der Waals surface area contributed by atoms with E-state index < -0.39 is 15.6 Å². The minimum Gasteiger partial charge on any atom is -0.369 e. The van der Waals surface area contributed by atoms with Crippen LogP contribution in [0.4, 0.5) is 28.8 Å². The van der Waals surface area contributed by atoms with Crippen LogP contribution in [-0.2, 0) is 10.0 Å². The Hall–Kier alpha value is -3.21. The molecule has 4 rings (SSSR count). The van der Waals surface area contributed by atoms with Gasteiger partial charge in [0.15, 0.2) is 0 Å². The summed E-state index contributed by atoms with van der Waals surface area (Å²) < 4.78 is 28.2. The smallest absolute Gasteiger partial charge is 0.241 e. The summed E-state index contributed by atoms with van der Waals surface area (Å²) in [4.78, 5) is 11.6. The molecule has 186 valence electrons. The Kier molecular flexibility index (Phi) is 7.25. The lowest BCUT2D eigenvalue weighted by Gasteiger charge is -2.29. The summed E-state index contributed by atoms with van der Waals surface area (Å²) in [5.74, 6) is 1.05. The SMILES string of the molecule is Cc1cnc(Nc2cccc(N3CCNCC3)c2)nc1Nc1cccc(S(=O)(=O)NC(C)(C)C)c1. The number of sulfonamides is 1. The van der Waals surface area contributed by atoms with E-state index in [1.54, 1.807) is 24.4 Å². The molecule has 1 aliphatic heterocycles. The summed E-state index contributed by atoms with van der Waals surface area (Å²) in [5.41, 5.74) is 2.94. The van der Waals surface area contributed by atoms with Crippen LogP contribution in [0.2, 0.25) is 0 Å². The fraction of sp³-hybridized carbons (Fsp3) is 0.360. The zero-order valence-corrected chi connectivity index (χ0v) is 21.4. The Balaban J connectivity index is 1.52. The van der Waals surface area contributed by atoms with Gasteiger partial charge in [-0.15, -0.1) is 0 Å². The number of anilines is 5. The van der Waals surface area contributed by atoms with Crippen molar-refractivity contribution in [3.63, 3.8) is 0 Å². The van der Waals surface area contributed by atoms with Crippen LogP contribution in [0, 0.1) is 6.92 Å². The minimum atomic E-state index is -3.65. The highest BCUT2D eigenvalue weighted by Crippen LogP contribution is 2.25. The molecule has 1 aromatic heterocycles. The summed E-state index contributed by atoms with van der Waals surface area (Å²) in [6.07, 6.45) is 1.74. The highest BCUT2D eigenvalue weighted by Gasteiger charge is 2.22. The summed E-state index contributed by atoms with van der Waals surface area (Å²) in [6, 6.07) is 14.9. The first-order chi connectivity index (χ1) is 16.6. The standard InChI is InChI=1S/C25H33N7O2S/c1-18-17-27-24(29-19-7-5-9-21(15-19)32-13-11-26-12-14-32)30-23(18)28-20-8-6-10-22(16-20)35(33,34)31-25(2,3)4/h5-10,15-17,26,31H,11-14H2,1-4H3,(H2,27,28,29,30). The van der Waals surface area contributed by atoms with E-state index in [2.05, 4.69) is 47.7 Å². The highest BCUT2D eigenvalue weighted by atomic mass is 32.2. The molecule has 10 heteroatoms. The predicted molar refractivity (Wildman–Crippen MR) is 141 cm³/mol. The molecule has 0 atom stereocenters. The zero-order chi connectivity index (χ0) is 25.1. The number of rotatable bonds is 7. The molecule has 0 unspecified atom stereocenters. The van der Waals surface area contributed by atoms with Crippen LogP contribution in [0.5, 0.6) is 0 Å². The van der Waals surface area contributed by atoms with Crippen LogP contribution in [-0.4, -0.2) is 50.1 Å². The van der Waals surface area contributed by atoms with E-state index in [0.29, 0.717) is 17.5 Å². The summed E-state index contributed by atoms with van der Waals surface area (Å²) in [6.45, 7) is 11.2. The van der Waals surface area contributed by atoms with Gasteiger partial charge in [-0.1, -0.05) is 12.1 Å². The van der Waals surface area contributed by atoms with Gasteiger partial charge in [0.05, 0.1) is 4.90 Å². The van der Waals surface area contributed by atoms with Gasteiger partial charge in [0.25, 0.3) is 0 Å². The second kappa shape index (κ2) is 10.2. The number of benzene rings is 2. The van der Waals surface area contributed by atoms with Crippen molar-refractivity contribution < 1.29 is 8.42 Å². The van der Waals surface area contributed by atoms with Gasteiger partial charge in [-0.2, -0.15) is 4.98 Å². The average Bonchev–Trinajstić information content (AvgIpc) is 2.81. The van der Waals surface area contributed by atoms with Gasteiger partial charge in [-0.25, -0.2) is 18.1 Å².